The van der Waals surface area contributed by atoms with E-state index in [-0.39, 0.29) is 5.82 Å². The Morgan fingerprint density at radius 3 is 2.83 bits per heavy atom. The normalized spacial score (nSPS) is 10.1. The summed E-state index contributed by atoms with van der Waals surface area (Å²) in [6.07, 6.45) is 0. The van der Waals surface area contributed by atoms with Gasteiger partial charge in [-0.05, 0) is 29.1 Å². The van der Waals surface area contributed by atoms with Crippen LogP contribution in [0.4, 0.5) is 4.39 Å². The van der Waals surface area contributed by atoms with E-state index in [4.69, 9.17) is 0 Å². The van der Waals surface area contributed by atoms with E-state index in [1.807, 2.05) is 17.5 Å². The average molecular weight is 177 g/mol. The largest absolute Gasteiger partial charge is 0.207 e. The maximum atomic E-state index is 12.7. The molecule has 0 bridgehead atoms. The van der Waals surface area contributed by atoms with Crippen molar-refractivity contribution in [3.8, 4) is 11.1 Å². The van der Waals surface area contributed by atoms with Crippen LogP contribution in [0.15, 0.2) is 35.7 Å². The van der Waals surface area contributed by atoms with Crippen LogP contribution in [0.25, 0.3) is 11.1 Å². The quantitative estimate of drug-likeness (QED) is 0.626. The molecular formula is C10H6FS. The van der Waals surface area contributed by atoms with Crippen LogP contribution in [0.3, 0.4) is 0 Å². The third-order valence-electron chi connectivity index (χ3n) is 1.61. The average Bonchev–Trinajstić information content (AvgIpc) is 2.56. The first-order chi connectivity index (χ1) is 5.86. The molecule has 2 rings (SSSR count). The van der Waals surface area contributed by atoms with Gasteiger partial charge in [-0.3, -0.25) is 0 Å². The molecule has 1 heterocycles. The van der Waals surface area contributed by atoms with Gasteiger partial charge in [0.1, 0.15) is 5.82 Å². The molecule has 0 unspecified atom stereocenters. The summed E-state index contributed by atoms with van der Waals surface area (Å²) in [6.45, 7) is 0. The van der Waals surface area contributed by atoms with Crippen molar-refractivity contribution in [1.29, 1.82) is 0 Å². The summed E-state index contributed by atoms with van der Waals surface area (Å²) >= 11 is 1.49. The van der Waals surface area contributed by atoms with Crippen LogP contribution in [-0.4, -0.2) is 0 Å². The number of thiophene rings is 1. The lowest BCUT2D eigenvalue weighted by Gasteiger charge is -1.95. The van der Waals surface area contributed by atoms with E-state index in [0.717, 1.165) is 11.1 Å². The number of rotatable bonds is 1. The van der Waals surface area contributed by atoms with Crippen molar-refractivity contribution >= 4 is 11.3 Å². The van der Waals surface area contributed by atoms with Crippen molar-refractivity contribution < 1.29 is 4.39 Å². The Bertz CT molecular complexity index is 365. The fourth-order valence-corrected chi connectivity index (χ4v) is 1.63. The highest BCUT2D eigenvalue weighted by atomic mass is 32.1. The molecule has 0 fully saturated rings. The first-order valence-electron chi connectivity index (χ1n) is 3.57. The van der Waals surface area contributed by atoms with Crippen molar-refractivity contribution in [3.05, 3.63) is 46.9 Å². The van der Waals surface area contributed by atoms with Crippen LogP contribution >= 0.6 is 11.3 Å². The maximum Gasteiger partial charge on any atom is 0.123 e. The summed E-state index contributed by atoms with van der Waals surface area (Å²) < 4.78 is 12.7. The Labute approximate surface area is 74.3 Å². The van der Waals surface area contributed by atoms with Gasteiger partial charge in [0.25, 0.3) is 0 Å². The van der Waals surface area contributed by atoms with Crippen LogP contribution < -0.4 is 0 Å². The molecule has 0 amide bonds. The van der Waals surface area contributed by atoms with Gasteiger partial charge in [0, 0.05) is 5.56 Å². The van der Waals surface area contributed by atoms with Crippen LogP contribution in [0, 0.1) is 11.2 Å². The molecule has 59 valence electrons. The van der Waals surface area contributed by atoms with E-state index in [0.29, 0.717) is 0 Å². The summed E-state index contributed by atoms with van der Waals surface area (Å²) in [4.78, 5) is 0. The lowest BCUT2D eigenvalue weighted by atomic mass is 10.1. The number of hydrogen-bond acceptors (Lipinski definition) is 1. The molecule has 0 spiro atoms. The molecule has 1 aromatic carbocycles. The highest BCUT2D eigenvalue weighted by molar-refractivity contribution is 7.07. The zero-order valence-electron chi connectivity index (χ0n) is 6.25. The van der Waals surface area contributed by atoms with E-state index >= 15 is 0 Å². The van der Waals surface area contributed by atoms with Gasteiger partial charge in [-0.15, -0.1) is 11.3 Å². The Kier molecular flexibility index (Phi) is 1.92. The monoisotopic (exact) mass is 177 g/mol. The van der Waals surface area contributed by atoms with Crippen molar-refractivity contribution in [1.82, 2.24) is 0 Å². The van der Waals surface area contributed by atoms with E-state index in [9.17, 15) is 4.39 Å². The topological polar surface area (TPSA) is 0 Å². The standard InChI is InChI=1S/C10H6FS/c11-10-3-1-2-8(6-10)9-4-5-12-7-9/h1-6H. The van der Waals surface area contributed by atoms with Crippen molar-refractivity contribution in [2.45, 2.75) is 0 Å². The molecule has 12 heavy (non-hydrogen) atoms. The van der Waals surface area contributed by atoms with E-state index < -0.39 is 0 Å². The predicted octanol–water partition coefficient (Wildman–Crippen LogP) is 3.35. The second-order valence-electron chi connectivity index (χ2n) is 2.45. The first kappa shape index (κ1) is 7.50. The summed E-state index contributed by atoms with van der Waals surface area (Å²) in [6, 6.07) is 8.46. The molecular weight excluding hydrogens is 171 g/mol. The van der Waals surface area contributed by atoms with Crippen molar-refractivity contribution in [3.63, 3.8) is 0 Å². The fourth-order valence-electron chi connectivity index (χ4n) is 1.04. The van der Waals surface area contributed by atoms with E-state index in [2.05, 4.69) is 5.38 Å². The molecule has 0 N–H and O–H groups in total. The lowest BCUT2D eigenvalue weighted by Crippen LogP contribution is -1.75. The molecule has 0 saturated carbocycles. The molecule has 0 aliphatic rings. The summed E-state index contributed by atoms with van der Waals surface area (Å²) in [5.41, 5.74) is 1.84. The van der Waals surface area contributed by atoms with Gasteiger partial charge in [0.15, 0.2) is 0 Å². The van der Waals surface area contributed by atoms with Gasteiger partial charge >= 0.3 is 0 Å². The summed E-state index contributed by atoms with van der Waals surface area (Å²) in [5, 5.41) is 4.99. The van der Waals surface area contributed by atoms with Crippen LogP contribution in [-0.2, 0) is 0 Å². The number of benzene rings is 1. The van der Waals surface area contributed by atoms with Crippen LogP contribution in [0.1, 0.15) is 0 Å². The third-order valence-corrected chi connectivity index (χ3v) is 2.22. The van der Waals surface area contributed by atoms with Crippen LogP contribution in [0.2, 0.25) is 0 Å². The minimum Gasteiger partial charge on any atom is -0.207 e. The molecule has 0 atom stereocenters. The predicted molar refractivity (Wildman–Crippen MR) is 48.5 cm³/mol. The Morgan fingerprint density at radius 1 is 1.25 bits per heavy atom. The molecule has 0 aliphatic heterocycles. The molecule has 1 radical (unpaired) electrons. The van der Waals surface area contributed by atoms with Crippen LogP contribution in [0.5, 0.6) is 0 Å². The second-order valence-corrected chi connectivity index (χ2v) is 3.16. The molecule has 0 nitrogen and oxygen atoms in total. The Balaban J connectivity index is 2.48. The smallest absolute Gasteiger partial charge is 0.123 e. The molecule has 2 heteroatoms. The molecule has 1 aromatic heterocycles. The van der Waals surface area contributed by atoms with E-state index in [1.165, 1.54) is 23.5 Å². The fraction of sp³-hybridized carbons (Fsp3) is 0. The second kappa shape index (κ2) is 3.07. The van der Waals surface area contributed by atoms with E-state index in [1.54, 1.807) is 6.07 Å². The summed E-state index contributed by atoms with van der Waals surface area (Å²) in [7, 11) is 0. The van der Waals surface area contributed by atoms with Gasteiger partial charge in [-0.25, -0.2) is 4.39 Å². The molecule has 0 saturated heterocycles. The first-order valence-corrected chi connectivity index (χ1v) is 4.45. The highest BCUT2D eigenvalue weighted by Crippen LogP contribution is 2.21. The van der Waals surface area contributed by atoms with Gasteiger partial charge < -0.3 is 0 Å². The number of hydrogen-bond donors (Lipinski definition) is 0. The van der Waals surface area contributed by atoms with Gasteiger partial charge in [-0.2, -0.15) is 0 Å². The Hall–Kier alpha value is -1.15. The van der Waals surface area contributed by atoms with Gasteiger partial charge in [-0.1, -0.05) is 12.1 Å². The van der Waals surface area contributed by atoms with Crippen molar-refractivity contribution in [2.24, 2.45) is 0 Å². The van der Waals surface area contributed by atoms with Gasteiger partial charge in [0.2, 0.25) is 0 Å². The minimum absolute atomic E-state index is 0.202. The lowest BCUT2D eigenvalue weighted by molar-refractivity contribution is 0.628. The maximum absolute atomic E-state index is 12.7. The summed E-state index contributed by atoms with van der Waals surface area (Å²) in [5.74, 6) is -0.202. The molecule has 2 aromatic rings. The zero-order valence-corrected chi connectivity index (χ0v) is 7.07. The Morgan fingerprint density at radius 2 is 2.17 bits per heavy atom. The third kappa shape index (κ3) is 1.38. The number of halogens is 1. The minimum atomic E-state index is -0.202. The SMILES string of the molecule is Fc1cccc(-c2[c]scc2)c1. The van der Waals surface area contributed by atoms with Crippen molar-refractivity contribution in [2.75, 3.05) is 0 Å². The molecule has 0 aliphatic carbocycles. The zero-order chi connectivity index (χ0) is 8.39. The highest BCUT2D eigenvalue weighted by Gasteiger charge is 1.98. The van der Waals surface area contributed by atoms with Gasteiger partial charge in [0.05, 0.1) is 5.38 Å².